The van der Waals surface area contributed by atoms with Gasteiger partial charge in [-0.1, -0.05) is 22.0 Å². The van der Waals surface area contributed by atoms with Crippen LogP contribution < -0.4 is 5.73 Å². The van der Waals surface area contributed by atoms with Crippen LogP contribution in [0, 0.1) is 13.8 Å². The summed E-state index contributed by atoms with van der Waals surface area (Å²) in [6.45, 7) is 6.02. The molecular weight excluding hydrogens is 282 g/mol. The Bertz CT molecular complexity index is 403. The number of halogens is 1. The molecule has 0 amide bonds. The van der Waals surface area contributed by atoms with Gasteiger partial charge in [0.05, 0.1) is 25.9 Å². The smallest absolute Gasteiger partial charge is 0.100 e. The van der Waals surface area contributed by atoms with Crippen molar-refractivity contribution in [1.82, 2.24) is 0 Å². The quantitative estimate of drug-likeness (QED) is 0.912. The summed E-state index contributed by atoms with van der Waals surface area (Å²) in [6, 6.07) is 4.11. The molecule has 2 rings (SSSR count). The van der Waals surface area contributed by atoms with Crippen LogP contribution in [-0.4, -0.2) is 25.9 Å². The van der Waals surface area contributed by atoms with E-state index in [0.717, 1.165) is 10.0 Å². The maximum Gasteiger partial charge on any atom is 0.100 e. The maximum absolute atomic E-state index is 6.27. The molecule has 17 heavy (non-hydrogen) atoms. The Balaban J connectivity index is 2.23. The third kappa shape index (κ3) is 2.88. The lowest BCUT2D eigenvalue weighted by atomic mass is 9.96. The van der Waals surface area contributed by atoms with Crippen LogP contribution >= 0.6 is 15.9 Å². The molecule has 1 aliphatic rings. The monoisotopic (exact) mass is 299 g/mol. The molecule has 2 unspecified atom stereocenters. The second kappa shape index (κ2) is 5.48. The molecule has 2 atom stereocenters. The van der Waals surface area contributed by atoms with E-state index in [9.17, 15) is 0 Å². The molecule has 0 aliphatic carbocycles. The molecule has 2 N–H and O–H groups in total. The van der Waals surface area contributed by atoms with Gasteiger partial charge in [-0.2, -0.15) is 0 Å². The van der Waals surface area contributed by atoms with Crippen molar-refractivity contribution < 1.29 is 9.47 Å². The van der Waals surface area contributed by atoms with Crippen molar-refractivity contribution in [2.24, 2.45) is 5.73 Å². The minimum Gasteiger partial charge on any atom is -0.376 e. The molecule has 0 bridgehead atoms. The summed E-state index contributed by atoms with van der Waals surface area (Å²) in [7, 11) is 0. The van der Waals surface area contributed by atoms with Gasteiger partial charge in [-0.05, 0) is 36.6 Å². The highest BCUT2D eigenvalue weighted by molar-refractivity contribution is 9.10. The van der Waals surface area contributed by atoms with Crippen LogP contribution in [0.5, 0.6) is 0 Å². The molecular formula is C13H18BrNO2. The normalized spacial score (nSPS) is 22.5. The van der Waals surface area contributed by atoms with Crippen molar-refractivity contribution in [3.63, 3.8) is 0 Å². The summed E-state index contributed by atoms with van der Waals surface area (Å²) in [5.41, 5.74) is 9.79. The van der Waals surface area contributed by atoms with Crippen LogP contribution in [0.1, 0.15) is 22.7 Å². The van der Waals surface area contributed by atoms with Crippen molar-refractivity contribution >= 4 is 15.9 Å². The van der Waals surface area contributed by atoms with Crippen molar-refractivity contribution in [3.8, 4) is 0 Å². The van der Waals surface area contributed by atoms with E-state index in [1.54, 1.807) is 0 Å². The molecule has 1 saturated heterocycles. The third-order valence-corrected chi connectivity index (χ3v) is 4.00. The highest BCUT2D eigenvalue weighted by Gasteiger charge is 2.24. The molecule has 0 aromatic heterocycles. The first-order chi connectivity index (χ1) is 8.09. The summed E-state index contributed by atoms with van der Waals surface area (Å²) in [6.07, 6.45) is -0.0389. The third-order valence-electron chi connectivity index (χ3n) is 3.15. The van der Waals surface area contributed by atoms with Gasteiger partial charge in [-0.3, -0.25) is 0 Å². The van der Waals surface area contributed by atoms with E-state index in [2.05, 4.69) is 41.9 Å². The molecule has 94 valence electrons. The number of hydrogen-bond donors (Lipinski definition) is 1. The number of rotatable bonds is 2. The highest BCUT2D eigenvalue weighted by atomic mass is 79.9. The van der Waals surface area contributed by atoms with Gasteiger partial charge in [0.1, 0.15) is 6.10 Å². The fourth-order valence-corrected chi connectivity index (χ4v) is 2.53. The SMILES string of the molecule is Cc1cc(C(N)C2COCCO2)c(C)cc1Br. The number of ether oxygens (including phenoxy) is 2. The van der Waals surface area contributed by atoms with Crippen LogP contribution in [-0.2, 0) is 9.47 Å². The zero-order chi connectivity index (χ0) is 12.4. The predicted octanol–water partition coefficient (Wildman–Crippen LogP) is 2.48. The molecule has 4 heteroatoms. The van der Waals surface area contributed by atoms with E-state index >= 15 is 0 Å². The summed E-state index contributed by atoms with van der Waals surface area (Å²) in [5, 5.41) is 0. The zero-order valence-electron chi connectivity index (χ0n) is 10.2. The van der Waals surface area contributed by atoms with E-state index in [-0.39, 0.29) is 12.1 Å². The van der Waals surface area contributed by atoms with Crippen LogP contribution in [0.25, 0.3) is 0 Å². The maximum atomic E-state index is 6.27. The Labute approximate surface area is 110 Å². The van der Waals surface area contributed by atoms with Crippen LogP contribution in [0.15, 0.2) is 16.6 Å². The second-order valence-electron chi connectivity index (χ2n) is 4.47. The number of aryl methyl sites for hydroxylation is 2. The Morgan fingerprint density at radius 2 is 2.06 bits per heavy atom. The first-order valence-electron chi connectivity index (χ1n) is 5.81. The van der Waals surface area contributed by atoms with Gasteiger partial charge >= 0.3 is 0 Å². The Morgan fingerprint density at radius 1 is 1.29 bits per heavy atom. The fourth-order valence-electron chi connectivity index (χ4n) is 2.08. The molecule has 1 heterocycles. The van der Waals surface area contributed by atoms with E-state index in [4.69, 9.17) is 15.2 Å². The highest BCUT2D eigenvalue weighted by Crippen LogP contribution is 2.27. The van der Waals surface area contributed by atoms with E-state index in [0.29, 0.717) is 19.8 Å². The Morgan fingerprint density at radius 3 is 2.71 bits per heavy atom. The van der Waals surface area contributed by atoms with Gasteiger partial charge < -0.3 is 15.2 Å². The predicted molar refractivity (Wildman–Crippen MR) is 71.1 cm³/mol. The van der Waals surface area contributed by atoms with Crippen molar-refractivity contribution in [2.45, 2.75) is 26.0 Å². The number of nitrogens with two attached hydrogens (primary N) is 1. The largest absolute Gasteiger partial charge is 0.376 e. The van der Waals surface area contributed by atoms with Crippen molar-refractivity contribution in [2.75, 3.05) is 19.8 Å². The zero-order valence-corrected chi connectivity index (χ0v) is 11.8. The molecule has 0 saturated carbocycles. The minimum absolute atomic E-state index is 0.0389. The van der Waals surface area contributed by atoms with E-state index < -0.39 is 0 Å². The molecule has 1 aromatic rings. The second-order valence-corrected chi connectivity index (χ2v) is 5.32. The van der Waals surface area contributed by atoms with Gasteiger partial charge in [0.2, 0.25) is 0 Å². The lowest BCUT2D eigenvalue weighted by Crippen LogP contribution is -2.38. The van der Waals surface area contributed by atoms with Crippen LogP contribution in [0.4, 0.5) is 0 Å². The topological polar surface area (TPSA) is 44.5 Å². The van der Waals surface area contributed by atoms with Gasteiger partial charge in [0, 0.05) is 4.47 Å². The molecule has 1 aromatic carbocycles. The minimum atomic E-state index is -0.123. The lowest BCUT2D eigenvalue weighted by molar-refractivity contribution is -0.0976. The Kier molecular flexibility index (Phi) is 4.20. The Hall–Kier alpha value is -0.420. The lowest BCUT2D eigenvalue weighted by Gasteiger charge is -2.29. The molecule has 0 spiro atoms. The number of hydrogen-bond acceptors (Lipinski definition) is 3. The average molecular weight is 300 g/mol. The summed E-state index contributed by atoms with van der Waals surface area (Å²) in [4.78, 5) is 0. The molecule has 3 nitrogen and oxygen atoms in total. The van der Waals surface area contributed by atoms with E-state index in [1.807, 2.05) is 0 Å². The first-order valence-corrected chi connectivity index (χ1v) is 6.60. The van der Waals surface area contributed by atoms with Crippen molar-refractivity contribution in [3.05, 3.63) is 33.3 Å². The average Bonchev–Trinajstić information content (AvgIpc) is 2.34. The number of benzene rings is 1. The van der Waals surface area contributed by atoms with Gasteiger partial charge in [-0.25, -0.2) is 0 Å². The summed E-state index contributed by atoms with van der Waals surface area (Å²) < 4.78 is 12.2. The van der Waals surface area contributed by atoms with Crippen LogP contribution in [0.3, 0.4) is 0 Å². The fraction of sp³-hybridized carbons (Fsp3) is 0.538. The molecule has 1 aliphatic heterocycles. The summed E-state index contributed by atoms with van der Waals surface area (Å²) in [5.74, 6) is 0. The van der Waals surface area contributed by atoms with Gasteiger partial charge in [0.25, 0.3) is 0 Å². The van der Waals surface area contributed by atoms with Crippen molar-refractivity contribution in [1.29, 1.82) is 0 Å². The van der Waals surface area contributed by atoms with Gasteiger partial charge in [-0.15, -0.1) is 0 Å². The molecule has 0 radical (unpaired) electrons. The van der Waals surface area contributed by atoms with E-state index in [1.165, 1.54) is 11.1 Å². The standard InChI is InChI=1S/C13H18BrNO2/c1-8-6-11(14)9(2)5-10(8)13(15)12-7-16-3-4-17-12/h5-6,12-13H,3-4,7,15H2,1-2H3. The first kappa shape index (κ1) is 13.0. The molecule has 1 fully saturated rings. The summed E-state index contributed by atoms with van der Waals surface area (Å²) >= 11 is 3.53. The van der Waals surface area contributed by atoms with Crippen LogP contribution in [0.2, 0.25) is 0 Å². The van der Waals surface area contributed by atoms with Gasteiger partial charge in [0.15, 0.2) is 0 Å².